The van der Waals surface area contributed by atoms with E-state index in [2.05, 4.69) is 64.9 Å². The van der Waals surface area contributed by atoms with Crippen LogP contribution in [0, 0.1) is 13.8 Å². The number of aliphatic hydroxyl groups excluding tert-OH is 1. The molecular weight excluding hydrogens is 222 g/mol. The number of likely N-dealkylation sites (N-methyl/N-ethyl adjacent to an activating group) is 1. The first-order valence-electron chi connectivity index (χ1n) is 6.81. The first-order chi connectivity index (χ1) is 8.37. The van der Waals surface area contributed by atoms with Gasteiger partial charge in [0.05, 0.1) is 6.10 Å². The number of aryl methyl sites for hydroxylation is 2. The summed E-state index contributed by atoms with van der Waals surface area (Å²) in [4.78, 5) is 2.16. The molecule has 2 heteroatoms. The third kappa shape index (κ3) is 2.76. The number of aliphatic hydroxyl groups is 1. The van der Waals surface area contributed by atoms with Crippen LogP contribution in [-0.4, -0.2) is 29.6 Å². The minimum absolute atomic E-state index is 0.180. The van der Waals surface area contributed by atoms with Crippen LogP contribution in [0.2, 0.25) is 0 Å². The van der Waals surface area contributed by atoms with Gasteiger partial charge in [0.2, 0.25) is 0 Å². The van der Waals surface area contributed by atoms with Gasteiger partial charge in [0.25, 0.3) is 0 Å². The molecule has 0 amide bonds. The molecule has 1 N–H and O–H groups in total. The Morgan fingerprint density at radius 1 is 1.06 bits per heavy atom. The van der Waals surface area contributed by atoms with Crippen LogP contribution in [0.4, 0.5) is 0 Å². The summed E-state index contributed by atoms with van der Waals surface area (Å²) < 4.78 is 0. The summed E-state index contributed by atoms with van der Waals surface area (Å²) in [6.45, 7) is 8.46. The summed E-state index contributed by atoms with van der Waals surface area (Å²) in [5.41, 5.74) is 3.28. The molecule has 0 saturated carbocycles. The van der Waals surface area contributed by atoms with Crippen LogP contribution in [0.25, 0.3) is 0 Å². The minimum atomic E-state index is -0.443. The fraction of sp³-hybridized carbons (Fsp3) is 0.625. The predicted octanol–water partition coefficient (Wildman–Crippen LogP) is 3.46. The molecule has 1 atom stereocenters. The molecule has 0 spiro atoms. The zero-order valence-electron chi connectivity index (χ0n) is 12.6. The van der Waals surface area contributed by atoms with Gasteiger partial charge in [-0.2, -0.15) is 0 Å². The van der Waals surface area contributed by atoms with Gasteiger partial charge >= 0.3 is 0 Å². The Bertz CT molecular complexity index is 374. The number of nitrogens with zero attached hydrogens (tertiary/aromatic N) is 1. The normalized spacial score (nSPS) is 14.0. The van der Waals surface area contributed by atoms with Crippen molar-refractivity contribution < 1.29 is 5.11 Å². The Morgan fingerprint density at radius 2 is 1.50 bits per heavy atom. The lowest BCUT2D eigenvalue weighted by Crippen LogP contribution is -2.48. The molecule has 102 valence electrons. The van der Waals surface area contributed by atoms with Crippen LogP contribution in [-0.2, 0) is 0 Å². The highest BCUT2D eigenvalue weighted by Crippen LogP contribution is 2.36. The molecule has 0 aliphatic heterocycles. The topological polar surface area (TPSA) is 23.5 Å². The van der Waals surface area contributed by atoms with E-state index in [0.29, 0.717) is 0 Å². The summed E-state index contributed by atoms with van der Waals surface area (Å²) >= 11 is 0. The fourth-order valence-corrected chi connectivity index (χ4v) is 2.99. The van der Waals surface area contributed by atoms with E-state index in [1.165, 1.54) is 11.1 Å². The van der Waals surface area contributed by atoms with Crippen molar-refractivity contribution in [2.75, 3.05) is 14.1 Å². The van der Waals surface area contributed by atoms with Crippen molar-refractivity contribution in [3.63, 3.8) is 0 Å². The maximum absolute atomic E-state index is 10.8. The summed E-state index contributed by atoms with van der Waals surface area (Å²) in [6, 6.07) is 6.34. The van der Waals surface area contributed by atoms with Gasteiger partial charge in [-0.05, 0) is 46.3 Å². The van der Waals surface area contributed by atoms with Crippen LogP contribution in [0.3, 0.4) is 0 Å². The summed E-state index contributed by atoms with van der Waals surface area (Å²) in [7, 11) is 4.11. The monoisotopic (exact) mass is 249 g/mol. The van der Waals surface area contributed by atoms with Gasteiger partial charge in [-0.15, -0.1) is 0 Å². The van der Waals surface area contributed by atoms with Crippen molar-refractivity contribution in [2.45, 2.75) is 52.2 Å². The molecule has 18 heavy (non-hydrogen) atoms. The average molecular weight is 249 g/mol. The van der Waals surface area contributed by atoms with Crippen molar-refractivity contribution in [3.05, 3.63) is 34.9 Å². The lowest BCUT2D eigenvalue weighted by molar-refractivity contribution is -0.0150. The number of rotatable bonds is 5. The lowest BCUT2D eigenvalue weighted by Gasteiger charge is -2.43. The molecule has 0 bridgehead atoms. The smallest absolute Gasteiger partial charge is 0.0973 e. The Labute approximate surface area is 112 Å². The number of hydrogen-bond donors (Lipinski definition) is 1. The molecule has 0 saturated heterocycles. The van der Waals surface area contributed by atoms with Crippen LogP contribution in [0.15, 0.2) is 18.2 Å². The van der Waals surface area contributed by atoms with E-state index in [1.807, 2.05) is 0 Å². The Morgan fingerprint density at radius 3 is 1.83 bits per heavy atom. The minimum Gasteiger partial charge on any atom is -0.386 e. The van der Waals surface area contributed by atoms with E-state index in [4.69, 9.17) is 0 Å². The molecular formula is C16H27NO. The van der Waals surface area contributed by atoms with E-state index in [-0.39, 0.29) is 5.54 Å². The molecule has 0 radical (unpaired) electrons. The van der Waals surface area contributed by atoms with Crippen molar-refractivity contribution in [1.29, 1.82) is 0 Å². The molecule has 2 nitrogen and oxygen atoms in total. The molecule has 0 fully saturated rings. The van der Waals surface area contributed by atoms with E-state index >= 15 is 0 Å². The van der Waals surface area contributed by atoms with E-state index in [9.17, 15) is 5.11 Å². The maximum Gasteiger partial charge on any atom is 0.0973 e. The highest BCUT2D eigenvalue weighted by atomic mass is 16.3. The molecule has 0 aromatic heterocycles. The van der Waals surface area contributed by atoms with Gasteiger partial charge in [0.15, 0.2) is 0 Å². The Kier molecular flexibility index (Phi) is 4.94. The van der Waals surface area contributed by atoms with Gasteiger partial charge < -0.3 is 10.0 Å². The number of benzene rings is 1. The zero-order chi connectivity index (χ0) is 13.9. The van der Waals surface area contributed by atoms with E-state index in [1.54, 1.807) is 0 Å². The van der Waals surface area contributed by atoms with Crippen LogP contribution in [0.1, 0.15) is 49.5 Å². The molecule has 1 unspecified atom stereocenters. The third-order valence-corrected chi connectivity index (χ3v) is 4.18. The predicted molar refractivity (Wildman–Crippen MR) is 77.9 cm³/mol. The molecule has 1 rings (SSSR count). The molecule has 1 aromatic carbocycles. The van der Waals surface area contributed by atoms with Crippen molar-refractivity contribution in [1.82, 2.24) is 4.90 Å². The van der Waals surface area contributed by atoms with Crippen LogP contribution < -0.4 is 0 Å². The van der Waals surface area contributed by atoms with E-state index in [0.717, 1.165) is 18.4 Å². The summed E-state index contributed by atoms with van der Waals surface area (Å²) in [6.07, 6.45) is 1.43. The fourth-order valence-electron chi connectivity index (χ4n) is 2.99. The van der Waals surface area contributed by atoms with Gasteiger partial charge in [0, 0.05) is 5.54 Å². The van der Waals surface area contributed by atoms with Crippen LogP contribution in [0.5, 0.6) is 0 Å². The molecule has 1 aromatic rings. The quantitative estimate of drug-likeness (QED) is 0.864. The SMILES string of the molecule is CCC(CC)(C(O)c1cc(C)cc(C)c1)N(C)C. The summed E-state index contributed by atoms with van der Waals surface area (Å²) in [5, 5.41) is 10.8. The van der Waals surface area contributed by atoms with Gasteiger partial charge in [0.1, 0.15) is 0 Å². The number of hydrogen-bond acceptors (Lipinski definition) is 2. The Hall–Kier alpha value is -0.860. The zero-order valence-corrected chi connectivity index (χ0v) is 12.6. The second-order valence-electron chi connectivity index (χ2n) is 5.53. The molecule has 0 aliphatic carbocycles. The van der Waals surface area contributed by atoms with Crippen molar-refractivity contribution in [3.8, 4) is 0 Å². The average Bonchev–Trinajstić information content (AvgIpc) is 2.29. The standard InChI is InChI=1S/C16H27NO/c1-7-16(8-2,17(5)6)15(18)14-10-12(3)9-13(4)11-14/h9-11,15,18H,7-8H2,1-6H3. The van der Waals surface area contributed by atoms with Crippen molar-refractivity contribution in [2.24, 2.45) is 0 Å². The molecule has 0 heterocycles. The van der Waals surface area contributed by atoms with Crippen LogP contribution >= 0.6 is 0 Å². The second kappa shape index (κ2) is 5.85. The summed E-state index contributed by atoms with van der Waals surface area (Å²) in [5.74, 6) is 0. The lowest BCUT2D eigenvalue weighted by atomic mass is 9.81. The first kappa shape index (κ1) is 15.2. The van der Waals surface area contributed by atoms with Crippen molar-refractivity contribution >= 4 is 0 Å². The first-order valence-corrected chi connectivity index (χ1v) is 6.81. The molecule has 0 aliphatic rings. The van der Waals surface area contributed by atoms with E-state index < -0.39 is 6.10 Å². The van der Waals surface area contributed by atoms with Gasteiger partial charge in [-0.1, -0.05) is 43.2 Å². The largest absolute Gasteiger partial charge is 0.386 e. The second-order valence-corrected chi connectivity index (χ2v) is 5.53. The van der Waals surface area contributed by atoms with Gasteiger partial charge in [-0.25, -0.2) is 0 Å². The Balaban J connectivity index is 3.21. The maximum atomic E-state index is 10.8. The van der Waals surface area contributed by atoms with Gasteiger partial charge in [-0.3, -0.25) is 0 Å². The highest BCUT2D eigenvalue weighted by Gasteiger charge is 2.37. The third-order valence-electron chi connectivity index (χ3n) is 4.18. The highest BCUT2D eigenvalue weighted by molar-refractivity contribution is 5.31.